The van der Waals surface area contributed by atoms with Crippen LogP contribution in [0.1, 0.15) is 54.4 Å². The van der Waals surface area contributed by atoms with Crippen molar-refractivity contribution in [1.29, 1.82) is 0 Å². The molecule has 1 fully saturated rings. The van der Waals surface area contributed by atoms with Gasteiger partial charge in [-0.2, -0.15) is 4.73 Å². The number of aliphatic hydroxyl groups excluding tert-OH is 1. The Morgan fingerprint density at radius 3 is 2.36 bits per heavy atom. The summed E-state index contributed by atoms with van der Waals surface area (Å²) in [6, 6.07) is 28.9. The van der Waals surface area contributed by atoms with Crippen LogP contribution in [0.25, 0.3) is 11.1 Å². The van der Waals surface area contributed by atoms with Crippen molar-refractivity contribution in [3.63, 3.8) is 0 Å². The van der Waals surface area contributed by atoms with Crippen LogP contribution in [0.2, 0.25) is 0 Å². The lowest BCUT2D eigenvalue weighted by molar-refractivity contribution is -0.645. The highest BCUT2D eigenvalue weighted by Gasteiger charge is 2.38. The monoisotopic (exact) mass is 628 g/mol. The predicted octanol–water partition coefficient (Wildman–Crippen LogP) is 5.54. The molecule has 1 aliphatic heterocycles. The number of nitrogens with zero attached hydrogens (tertiary/aromatic N) is 1. The zero-order valence-corrected chi connectivity index (χ0v) is 25.7. The SMILES string of the molecule is CC1C(CSc2cccc[n+]2[O-])OC(c2ccc(-c3cccc(CNC(=O)CCC(=O)O)c3)cc2)OC1c1ccc(CO)cc1. The molecular weight excluding hydrogens is 592 g/mol. The summed E-state index contributed by atoms with van der Waals surface area (Å²) < 4.78 is 14.0. The molecule has 0 bridgehead atoms. The molecule has 1 aromatic heterocycles. The van der Waals surface area contributed by atoms with Gasteiger partial charge in [0.25, 0.3) is 5.03 Å². The Bertz CT molecular complexity index is 1600. The van der Waals surface area contributed by atoms with Crippen LogP contribution in [-0.4, -0.2) is 33.9 Å². The molecule has 0 spiro atoms. The van der Waals surface area contributed by atoms with Crippen LogP contribution in [0.15, 0.2) is 102 Å². The van der Waals surface area contributed by atoms with E-state index in [1.54, 1.807) is 12.1 Å². The van der Waals surface area contributed by atoms with Gasteiger partial charge in [0.1, 0.15) is 0 Å². The Morgan fingerprint density at radius 1 is 0.889 bits per heavy atom. The fourth-order valence-electron chi connectivity index (χ4n) is 5.20. The Balaban J connectivity index is 1.32. The van der Waals surface area contributed by atoms with E-state index in [1.807, 2.05) is 78.9 Å². The first kappa shape index (κ1) is 32.2. The third-order valence-corrected chi connectivity index (χ3v) is 8.91. The third-order valence-electron chi connectivity index (χ3n) is 7.81. The number of aliphatic hydroxyl groups is 1. The molecular formula is C35H36N2O7S. The molecule has 4 unspecified atom stereocenters. The summed E-state index contributed by atoms with van der Waals surface area (Å²) in [5.41, 5.74) is 5.54. The Labute approximate surface area is 266 Å². The number of carbonyl (C=O) groups is 2. The van der Waals surface area contributed by atoms with Crippen LogP contribution in [0, 0.1) is 11.1 Å². The normalized spacial score (nSPS) is 19.6. The molecule has 0 aliphatic carbocycles. The first-order valence-electron chi connectivity index (χ1n) is 14.8. The number of aliphatic carboxylic acids is 1. The smallest absolute Gasteiger partial charge is 0.303 e. The zero-order chi connectivity index (χ0) is 31.8. The number of carbonyl (C=O) groups excluding carboxylic acids is 1. The number of aromatic nitrogens is 1. The average molecular weight is 629 g/mol. The van der Waals surface area contributed by atoms with Gasteiger partial charge in [0, 0.05) is 42.3 Å². The van der Waals surface area contributed by atoms with Gasteiger partial charge < -0.3 is 30.2 Å². The van der Waals surface area contributed by atoms with Gasteiger partial charge in [-0.3, -0.25) is 9.59 Å². The van der Waals surface area contributed by atoms with Crippen molar-refractivity contribution in [2.75, 3.05) is 5.75 Å². The molecule has 5 rings (SSSR count). The van der Waals surface area contributed by atoms with E-state index in [0.717, 1.165) is 38.1 Å². The van der Waals surface area contributed by atoms with Crippen molar-refractivity contribution >= 4 is 23.6 Å². The summed E-state index contributed by atoms with van der Waals surface area (Å²) in [5.74, 6) is -0.746. The average Bonchev–Trinajstić information content (AvgIpc) is 3.07. The third kappa shape index (κ3) is 8.49. The second kappa shape index (κ2) is 15.2. The number of hydrogen-bond donors (Lipinski definition) is 3. The van der Waals surface area contributed by atoms with E-state index in [2.05, 4.69) is 12.2 Å². The van der Waals surface area contributed by atoms with Gasteiger partial charge in [-0.25, -0.2) is 0 Å². The maximum absolute atomic E-state index is 12.3. The summed E-state index contributed by atoms with van der Waals surface area (Å²) in [7, 11) is 0. The first-order chi connectivity index (χ1) is 21.8. The molecule has 234 valence electrons. The van der Waals surface area contributed by atoms with E-state index in [9.17, 15) is 19.9 Å². The lowest BCUT2D eigenvalue weighted by atomic mass is 9.91. The Kier molecular flexibility index (Phi) is 10.9. The summed E-state index contributed by atoms with van der Waals surface area (Å²) in [5, 5.41) is 33.9. The summed E-state index contributed by atoms with van der Waals surface area (Å²) >= 11 is 1.45. The summed E-state index contributed by atoms with van der Waals surface area (Å²) in [6.07, 6.45) is 0.124. The second-order valence-corrected chi connectivity index (χ2v) is 12.0. The van der Waals surface area contributed by atoms with Crippen molar-refractivity contribution in [2.24, 2.45) is 5.92 Å². The number of hydrogen-bond acceptors (Lipinski definition) is 7. The molecule has 1 amide bonds. The minimum Gasteiger partial charge on any atom is -0.618 e. The van der Waals surface area contributed by atoms with Crippen molar-refractivity contribution in [2.45, 2.75) is 56.4 Å². The van der Waals surface area contributed by atoms with Crippen LogP contribution in [0.4, 0.5) is 0 Å². The van der Waals surface area contributed by atoms with Crippen molar-refractivity contribution in [3.8, 4) is 11.1 Å². The van der Waals surface area contributed by atoms with E-state index in [-0.39, 0.29) is 43.5 Å². The number of thioether (sulfide) groups is 1. The second-order valence-electron chi connectivity index (χ2n) is 11.0. The van der Waals surface area contributed by atoms with Crippen LogP contribution in [0.5, 0.6) is 0 Å². The van der Waals surface area contributed by atoms with Crippen LogP contribution >= 0.6 is 11.8 Å². The van der Waals surface area contributed by atoms with E-state index in [4.69, 9.17) is 14.6 Å². The van der Waals surface area contributed by atoms with Gasteiger partial charge in [0.15, 0.2) is 12.5 Å². The molecule has 3 aromatic carbocycles. The maximum Gasteiger partial charge on any atom is 0.303 e. The van der Waals surface area contributed by atoms with E-state index in [0.29, 0.717) is 17.3 Å². The van der Waals surface area contributed by atoms with Gasteiger partial charge in [-0.1, -0.05) is 85.4 Å². The van der Waals surface area contributed by atoms with Gasteiger partial charge in [-0.05, 0) is 39.9 Å². The number of carboxylic acids is 1. The zero-order valence-electron chi connectivity index (χ0n) is 24.9. The van der Waals surface area contributed by atoms with Crippen LogP contribution in [-0.2, 0) is 32.2 Å². The summed E-state index contributed by atoms with van der Waals surface area (Å²) in [6.45, 7) is 2.37. The van der Waals surface area contributed by atoms with Crippen LogP contribution < -0.4 is 10.0 Å². The van der Waals surface area contributed by atoms with Crippen LogP contribution in [0.3, 0.4) is 0 Å². The fraction of sp³-hybridized carbons (Fsp3) is 0.286. The molecule has 4 aromatic rings. The molecule has 4 atom stereocenters. The molecule has 0 radical (unpaired) electrons. The highest BCUT2D eigenvalue weighted by Crippen LogP contribution is 2.43. The first-order valence-corrected chi connectivity index (χ1v) is 15.8. The minimum absolute atomic E-state index is 0.0100. The number of carboxylic acid groups (broad SMARTS) is 1. The number of benzene rings is 3. The molecule has 3 N–H and O–H groups in total. The molecule has 2 heterocycles. The molecule has 0 saturated carbocycles. The van der Waals surface area contributed by atoms with E-state index < -0.39 is 12.3 Å². The van der Waals surface area contributed by atoms with E-state index >= 15 is 0 Å². The predicted molar refractivity (Wildman–Crippen MR) is 170 cm³/mol. The highest BCUT2D eigenvalue weighted by molar-refractivity contribution is 7.99. The number of pyridine rings is 1. The topological polar surface area (TPSA) is 132 Å². The number of nitrogens with one attached hydrogen (secondary N) is 1. The molecule has 45 heavy (non-hydrogen) atoms. The maximum atomic E-state index is 12.3. The van der Waals surface area contributed by atoms with Gasteiger partial charge in [0.2, 0.25) is 5.91 Å². The number of ether oxygens (including phenoxy) is 2. The van der Waals surface area contributed by atoms with Gasteiger partial charge in [0.05, 0.1) is 25.2 Å². The van der Waals surface area contributed by atoms with E-state index in [1.165, 1.54) is 18.0 Å². The number of rotatable bonds is 12. The molecule has 1 aliphatic rings. The highest BCUT2D eigenvalue weighted by atomic mass is 32.2. The van der Waals surface area contributed by atoms with Crippen molar-refractivity contribution in [3.05, 3.63) is 125 Å². The quantitative estimate of drug-likeness (QED) is 0.106. The van der Waals surface area contributed by atoms with Gasteiger partial charge in [-0.15, -0.1) is 0 Å². The fourth-order valence-corrected chi connectivity index (χ4v) is 6.28. The lowest BCUT2D eigenvalue weighted by Gasteiger charge is -2.41. The number of amides is 1. The van der Waals surface area contributed by atoms with Crippen molar-refractivity contribution in [1.82, 2.24) is 5.32 Å². The summed E-state index contributed by atoms with van der Waals surface area (Å²) in [4.78, 5) is 22.7. The molecule has 1 saturated heterocycles. The molecule has 9 nitrogen and oxygen atoms in total. The molecule has 10 heteroatoms. The largest absolute Gasteiger partial charge is 0.618 e. The van der Waals surface area contributed by atoms with Crippen molar-refractivity contribution < 1.29 is 34.0 Å². The lowest BCUT2D eigenvalue weighted by Crippen LogP contribution is -2.39. The Hall–Kier alpha value is -4.22. The standard InChI is InChI=1S/C35H36N2O7S/c1-23-30(22-45-32-7-2-3-18-37(32)42)43-35(44-34(23)27-10-8-24(21-38)9-11-27)28-14-12-26(13-15-28)29-6-4-5-25(19-29)20-36-31(39)16-17-33(40)41/h2-15,18-19,23,30,34-35,38H,16-17,20-22H2,1H3,(H,36,39)(H,40,41). The Morgan fingerprint density at radius 2 is 1.64 bits per heavy atom. The minimum atomic E-state index is -1.00. The van der Waals surface area contributed by atoms with Gasteiger partial charge >= 0.3 is 5.97 Å².